The summed E-state index contributed by atoms with van der Waals surface area (Å²) in [6.45, 7) is 5.53. The fourth-order valence-electron chi connectivity index (χ4n) is 0.703. The fraction of sp³-hybridized carbons (Fsp3) is 0.125. The van der Waals surface area contributed by atoms with Crippen molar-refractivity contribution >= 4 is 34.6 Å². The maximum absolute atomic E-state index is 9.93. The molecule has 0 aromatic rings. The lowest BCUT2D eigenvalue weighted by molar-refractivity contribution is 0.569. The van der Waals surface area contributed by atoms with Gasteiger partial charge in [0.2, 0.25) is 0 Å². The van der Waals surface area contributed by atoms with Gasteiger partial charge in [-0.25, -0.2) is 0 Å². The molecule has 0 unspecified atom stereocenters. The minimum Gasteiger partial charge on any atom is -0.316 e. The second-order valence-corrected chi connectivity index (χ2v) is 2.26. The third kappa shape index (κ3) is 7.51. The highest BCUT2D eigenvalue weighted by atomic mass is 16.1. The van der Waals surface area contributed by atoms with Crippen molar-refractivity contribution in [2.24, 2.45) is 0 Å². The van der Waals surface area contributed by atoms with Gasteiger partial charge in [-0.15, -0.1) is 5.47 Å². The summed E-state index contributed by atoms with van der Waals surface area (Å²) in [6, 6.07) is 0. The van der Waals surface area contributed by atoms with E-state index in [1.54, 1.807) is 13.1 Å². The predicted octanol–water partition coefficient (Wildman–Crippen LogP) is 0.384. The summed E-state index contributed by atoms with van der Waals surface area (Å²) in [5.74, 6) is 0. The van der Waals surface area contributed by atoms with Crippen molar-refractivity contribution in [3.05, 3.63) is 36.4 Å². The molecule has 0 aromatic heterocycles. The van der Waals surface area contributed by atoms with Crippen LogP contribution in [0.1, 0.15) is 6.92 Å². The predicted molar refractivity (Wildman–Crippen MR) is 62.9 cm³/mol. The van der Waals surface area contributed by atoms with Crippen LogP contribution in [0.2, 0.25) is 0 Å². The van der Waals surface area contributed by atoms with Crippen LogP contribution in [-0.4, -0.2) is 34.6 Å². The quantitative estimate of drug-likeness (QED) is 0.231. The number of hydrogen-bond donors (Lipinski definition) is 0. The van der Waals surface area contributed by atoms with Crippen LogP contribution in [-0.2, 0) is 4.79 Å². The Morgan fingerprint density at radius 3 is 2.69 bits per heavy atom. The lowest BCUT2D eigenvalue weighted by Gasteiger charge is -1.96. The molecular weight excluding hydrogens is 155 g/mol. The van der Waals surface area contributed by atoms with Crippen LogP contribution in [0.3, 0.4) is 0 Å². The van der Waals surface area contributed by atoms with Crippen molar-refractivity contribution in [2.75, 3.05) is 0 Å². The Morgan fingerprint density at radius 1 is 1.38 bits per heavy atom. The molecule has 5 heteroatoms. The Hall–Kier alpha value is -0.850. The van der Waals surface area contributed by atoms with Crippen LogP contribution < -0.4 is 0 Å². The molecule has 0 aliphatic rings. The van der Waals surface area contributed by atoms with Gasteiger partial charge in [-0.05, 0) is 6.92 Å². The Labute approximate surface area is 83.3 Å². The summed E-state index contributed by atoms with van der Waals surface area (Å²) >= 11 is 0. The first-order valence-electron chi connectivity index (χ1n) is 4.09. The average Bonchev–Trinajstić information content (AvgIpc) is 2.17. The Bertz CT molecular complexity index is 210. The molecule has 0 saturated carbocycles. The van der Waals surface area contributed by atoms with Gasteiger partial charge in [-0.2, -0.15) is 0 Å². The van der Waals surface area contributed by atoms with Gasteiger partial charge in [0, 0.05) is 14.1 Å². The van der Waals surface area contributed by atoms with E-state index in [0.717, 1.165) is 11.7 Å². The van der Waals surface area contributed by atoms with Crippen molar-refractivity contribution in [3.63, 3.8) is 0 Å². The van der Waals surface area contributed by atoms with E-state index in [2.05, 4.69) is 6.58 Å². The molecule has 0 aliphatic heterocycles. The number of carbonyl (C=O) groups excluding carboxylic acids is 1. The molecule has 0 rings (SSSR count). The van der Waals surface area contributed by atoms with E-state index in [0.29, 0.717) is 0 Å². The van der Waals surface area contributed by atoms with Gasteiger partial charge in [0.1, 0.15) is 7.17 Å². The molecule has 1 nitrogen and oxygen atoms in total. The standard InChI is InChI=1S/C8H10B4O/c1-3-5-6-8(4-2)10-12-11-9-7-13/h3-7H,1H2,2H3/b6-5-,8-4+. The zero-order valence-electron chi connectivity index (χ0n) is 7.81. The summed E-state index contributed by atoms with van der Waals surface area (Å²) in [5, 5.41) is 0. The molecule has 0 amide bonds. The highest BCUT2D eigenvalue weighted by molar-refractivity contribution is 7.48. The summed E-state index contributed by atoms with van der Waals surface area (Å²) < 4.78 is 0. The zero-order valence-corrected chi connectivity index (χ0v) is 7.81. The van der Waals surface area contributed by atoms with Gasteiger partial charge in [0.15, 0.2) is 0 Å². The third-order valence-corrected chi connectivity index (χ3v) is 1.35. The molecule has 0 fully saturated rings. The first-order chi connectivity index (χ1) is 6.35. The van der Waals surface area contributed by atoms with Gasteiger partial charge in [0.25, 0.3) is 0 Å². The van der Waals surface area contributed by atoms with Gasteiger partial charge in [-0.3, -0.25) is 0 Å². The number of carbonyl (C=O) groups is 1. The van der Waals surface area contributed by atoms with Gasteiger partial charge in [-0.1, -0.05) is 30.9 Å². The van der Waals surface area contributed by atoms with E-state index >= 15 is 0 Å². The van der Waals surface area contributed by atoms with Crippen molar-refractivity contribution in [1.82, 2.24) is 0 Å². The normalized spacial score (nSPS) is 10.7. The molecule has 0 N–H and O–H groups in total. The maximum Gasteiger partial charge on any atom is 0.141 e. The van der Waals surface area contributed by atoms with E-state index < -0.39 is 0 Å². The topological polar surface area (TPSA) is 17.1 Å². The summed E-state index contributed by atoms with van der Waals surface area (Å²) in [6.07, 6.45) is 8.25. The summed E-state index contributed by atoms with van der Waals surface area (Å²) in [4.78, 5) is 9.93. The van der Waals surface area contributed by atoms with Crippen LogP contribution in [0, 0.1) is 0 Å². The van der Waals surface area contributed by atoms with Gasteiger partial charge < -0.3 is 4.79 Å². The third-order valence-electron chi connectivity index (χ3n) is 1.35. The largest absolute Gasteiger partial charge is 0.316 e. The highest BCUT2D eigenvalue weighted by Crippen LogP contribution is 1.92. The van der Waals surface area contributed by atoms with Crippen LogP contribution in [0.15, 0.2) is 36.4 Å². The number of hydrogen-bond acceptors (Lipinski definition) is 1. The lowest BCUT2D eigenvalue weighted by Crippen LogP contribution is -2.20. The molecule has 0 bridgehead atoms. The van der Waals surface area contributed by atoms with Crippen molar-refractivity contribution in [1.29, 1.82) is 0 Å². The van der Waals surface area contributed by atoms with Crippen LogP contribution in [0.5, 0.6) is 0 Å². The molecule has 0 atom stereocenters. The Kier molecular flexibility index (Phi) is 8.64. The Balaban J connectivity index is 3.67. The molecule has 0 saturated heterocycles. The lowest BCUT2D eigenvalue weighted by atomic mass is 9.07. The molecule has 4 radical (unpaired) electrons. The van der Waals surface area contributed by atoms with Gasteiger partial charge in [0.05, 0.1) is 13.4 Å². The van der Waals surface area contributed by atoms with E-state index in [1.807, 2.05) is 39.4 Å². The van der Waals surface area contributed by atoms with Crippen molar-refractivity contribution in [3.8, 4) is 0 Å². The monoisotopic (exact) mass is 166 g/mol. The number of rotatable bonds is 7. The van der Waals surface area contributed by atoms with E-state index in [1.165, 1.54) is 7.17 Å². The Morgan fingerprint density at radius 2 is 2.15 bits per heavy atom. The summed E-state index contributed by atoms with van der Waals surface area (Å²) in [5.41, 5.74) is 1.08. The van der Waals surface area contributed by atoms with E-state index in [9.17, 15) is 4.79 Å². The summed E-state index contributed by atoms with van der Waals surface area (Å²) in [7, 11) is 6.87. The second kappa shape index (κ2) is 9.24. The minimum absolute atomic E-state index is 0.749. The van der Waals surface area contributed by atoms with E-state index in [4.69, 9.17) is 0 Å². The smallest absolute Gasteiger partial charge is 0.141 e. The highest BCUT2D eigenvalue weighted by Gasteiger charge is 1.96. The van der Waals surface area contributed by atoms with Gasteiger partial charge >= 0.3 is 0 Å². The minimum atomic E-state index is 0.749. The molecule has 13 heavy (non-hydrogen) atoms. The average molecular weight is 165 g/mol. The second-order valence-electron chi connectivity index (χ2n) is 2.26. The molecule has 0 aliphatic carbocycles. The van der Waals surface area contributed by atoms with Crippen LogP contribution in [0.25, 0.3) is 0 Å². The van der Waals surface area contributed by atoms with Crippen LogP contribution in [0.4, 0.5) is 0 Å². The molecular formula is C8H10B4O. The molecule has 0 heterocycles. The fourth-order valence-corrected chi connectivity index (χ4v) is 0.703. The molecule has 0 spiro atoms. The zero-order chi connectivity index (χ0) is 9.94. The number of allylic oxidation sites excluding steroid dienone is 5. The molecule has 0 aromatic carbocycles. The van der Waals surface area contributed by atoms with Crippen molar-refractivity contribution in [2.45, 2.75) is 6.92 Å². The first-order valence-corrected chi connectivity index (χ1v) is 4.09. The first kappa shape index (κ1) is 12.1. The SMILES string of the molecule is C=C/C=C\C([B][B][B][B]C=O)=C/C. The molecule has 60 valence electrons. The van der Waals surface area contributed by atoms with Crippen molar-refractivity contribution < 1.29 is 4.79 Å². The van der Waals surface area contributed by atoms with E-state index in [-0.39, 0.29) is 0 Å². The van der Waals surface area contributed by atoms with Crippen LogP contribution >= 0.6 is 0 Å². The maximum atomic E-state index is 9.93.